The van der Waals surface area contributed by atoms with E-state index in [1.54, 1.807) is 6.07 Å². The van der Waals surface area contributed by atoms with Crippen LogP contribution in [0.2, 0.25) is 0 Å². The molecule has 1 N–H and O–H groups in total. The van der Waals surface area contributed by atoms with Gasteiger partial charge in [0.05, 0.1) is 18.1 Å². The van der Waals surface area contributed by atoms with Crippen LogP contribution in [0.15, 0.2) is 33.8 Å². The van der Waals surface area contributed by atoms with E-state index in [9.17, 15) is 14.4 Å². The number of ether oxygens (including phenoxy) is 1. The van der Waals surface area contributed by atoms with Crippen LogP contribution in [-0.2, 0) is 20.9 Å². The van der Waals surface area contributed by atoms with Gasteiger partial charge in [-0.15, -0.1) is 11.3 Å². The van der Waals surface area contributed by atoms with E-state index in [2.05, 4.69) is 26.2 Å². The van der Waals surface area contributed by atoms with Crippen molar-refractivity contribution in [2.24, 2.45) is 0 Å². The average molecular weight is 478 g/mol. The third-order valence-corrected chi connectivity index (χ3v) is 6.52. The van der Waals surface area contributed by atoms with Gasteiger partial charge in [-0.05, 0) is 50.1 Å². The third kappa shape index (κ3) is 4.91. The first-order valence-electron chi connectivity index (χ1n) is 8.93. The molecule has 29 heavy (non-hydrogen) atoms. The molecular formula is C20H20BrN3O4S. The number of aromatic nitrogens is 2. The van der Waals surface area contributed by atoms with Gasteiger partial charge >= 0.3 is 5.97 Å². The summed E-state index contributed by atoms with van der Waals surface area (Å²) in [7, 11) is 0. The van der Waals surface area contributed by atoms with E-state index in [0.29, 0.717) is 15.9 Å². The van der Waals surface area contributed by atoms with Crippen LogP contribution >= 0.6 is 27.3 Å². The van der Waals surface area contributed by atoms with Crippen molar-refractivity contribution in [3.8, 4) is 0 Å². The second kappa shape index (κ2) is 8.87. The lowest BCUT2D eigenvalue weighted by Crippen LogP contribution is -2.24. The molecule has 0 aliphatic carbocycles. The Morgan fingerprint density at radius 3 is 2.76 bits per heavy atom. The Hall–Kier alpha value is -2.52. The maximum Gasteiger partial charge on any atom is 0.308 e. The molecule has 1 aromatic carbocycles. The van der Waals surface area contributed by atoms with Crippen LogP contribution in [0.1, 0.15) is 22.4 Å². The number of hydrogen-bond acceptors (Lipinski definition) is 6. The van der Waals surface area contributed by atoms with Crippen LogP contribution in [0.25, 0.3) is 10.2 Å². The Bertz CT molecular complexity index is 1150. The average Bonchev–Trinajstić information content (AvgIpc) is 2.97. The maximum absolute atomic E-state index is 12.6. The predicted molar refractivity (Wildman–Crippen MR) is 116 cm³/mol. The summed E-state index contributed by atoms with van der Waals surface area (Å²) >= 11 is 4.87. The molecule has 0 unspecified atom stereocenters. The van der Waals surface area contributed by atoms with Crippen molar-refractivity contribution in [2.45, 2.75) is 33.7 Å². The summed E-state index contributed by atoms with van der Waals surface area (Å²) in [6.07, 6.45) is 1.41. The molecule has 3 aromatic rings. The predicted octanol–water partition coefficient (Wildman–Crippen LogP) is 3.72. The fourth-order valence-corrected chi connectivity index (χ4v) is 4.01. The standard InChI is InChI=1S/C20H20BrN3O4S/c1-11-8-14(4-5-15(11)21)23-16(25)9-28-17(26)6-7-24-10-22-19-18(20(24)27)12(2)13(3)29-19/h4-5,8,10H,6-7,9H2,1-3H3,(H,23,25). The molecule has 0 spiro atoms. The highest BCUT2D eigenvalue weighted by molar-refractivity contribution is 9.10. The van der Waals surface area contributed by atoms with E-state index in [1.165, 1.54) is 22.2 Å². The molecule has 1 amide bonds. The highest BCUT2D eigenvalue weighted by Gasteiger charge is 2.14. The summed E-state index contributed by atoms with van der Waals surface area (Å²) in [5.41, 5.74) is 2.35. The molecule has 0 bridgehead atoms. The molecule has 0 saturated carbocycles. The smallest absolute Gasteiger partial charge is 0.308 e. The number of thiophene rings is 1. The number of fused-ring (bicyclic) bond motifs is 1. The number of esters is 1. The van der Waals surface area contributed by atoms with Gasteiger partial charge in [0.15, 0.2) is 6.61 Å². The number of halogens is 1. The van der Waals surface area contributed by atoms with E-state index in [0.717, 1.165) is 20.5 Å². The van der Waals surface area contributed by atoms with E-state index in [1.807, 2.05) is 32.9 Å². The van der Waals surface area contributed by atoms with Gasteiger partial charge in [-0.1, -0.05) is 15.9 Å². The van der Waals surface area contributed by atoms with Crippen molar-refractivity contribution in [3.63, 3.8) is 0 Å². The number of anilines is 1. The van der Waals surface area contributed by atoms with Crippen LogP contribution in [0.5, 0.6) is 0 Å². The SMILES string of the molecule is Cc1cc(NC(=O)COC(=O)CCn2cnc3sc(C)c(C)c3c2=O)ccc1Br. The van der Waals surface area contributed by atoms with Crippen LogP contribution in [0.4, 0.5) is 5.69 Å². The summed E-state index contributed by atoms with van der Waals surface area (Å²) in [5, 5.41) is 3.27. The fourth-order valence-electron chi connectivity index (χ4n) is 2.78. The molecule has 2 aromatic heterocycles. The molecule has 0 aliphatic rings. The number of carbonyl (C=O) groups is 2. The molecule has 7 nitrogen and oxygen atoms in total. The van der Waals surface area contributed by atoms with Gasteiger partial charge in [0.1, 0.15) is 4.83 Å². The Morgan fingerprint density at radius 2 is 2.03 bits per heavy atom. The number of carbonyl (C=O) groups excluding carboxylic acids is 2. The van der Waals surface area contributed by atoms with Crippen molar-refractivity contribution < 1.29 is 14.3 Å². The van der Waals surface area contributed by atoms with Crippen LogP contribution in [-0.4, -0.2) is 28.0 Å². The molecule has 0 aliphatic heterocycles. The van der Waals surface area contributed by atoms with Gasteiger partial charge in [-0.2, -0.15) is 0 Å². The lowest BCUT2D eigenvalue weighted by molar-refractivity contribution is -0.147. The maximum atomic E-state index is 12.6. The fraction of sp³-hybridized carbons (Fsp3) is 0.300. The summed E-state index contributed by atoms with van der Waals surface area (Å²) < 4.78 is 7.35. The lowest BCUT2D eigenvalue weighted by Gasteiger charge is -2.09. The van der Waals surface area contributed by atoms with Gasteiger partial charge < -0.3 is 10.1 Å². The van der Waals surface area contributed by atoms with Crippen LogP contribution < -0.4 is 10.9 Å². The molecule has 0 fully saturated rings. The monoisotopic (exact) mass is 477 g/mol. The number of amides is 1. The first-order chi connectivity index (χ1) is 13.8. The topological polar surface area (TPSA) is 90.3 Å². The molecule has 9 heteroatoms. The Morgan fingerprint density at radius 1 is 1.28 bits per heavy atom. The van der Waals surface area contributed by atoms with Gasteiger partial charge in [0, 0.05) is 21.6 Å². The zero-order valence-electron chi connectivity index (χ0n) is 16.2. The zero-order valence-corrected chi connectivity index (χ0v) is 18.6. The Kier molecular flexibility index (Phi) is 6.49. The largest absolute Gasteiger partial charge is 0.456 e. The first-order valence-corrected chi connectivity index (χ1v) is 10.5. The number of nitrogens with zero attached hydrogens (tertiary/aromatic N) is 2. The second-order valence-corrected chi connectivity index (χ2v) is 8.69. The quantitative estimate of drug-likeness (QED) is 0.546. The zero-order chi connectivity index (χ0) is 21.1. The number of aryl methyl sites for hydroxylation is 4. The highest BCUT2D eigenvalue weighted by atomic mass is 79.9. The van der Waals surface area contributed by atoms with Gasteiger partial charge in [0.25, 0.3) is 11.5 Å². The summed E-state index contributed by atoms with van der Waals surface area (Å²) in [5.74, 6) is -0.984. The number of nitrogens with one attached hydrogen (secondary N) is 1. The molecule has 0 atom stereocenters. The molecule has 0 saturated heterocycles. The summed E-state index contributed by atoms with van der Waals surface area (Å²) in [6.45, 7) is 5.50. The second-order valence-electron chi connectivity index (χ2n) is 6.63. The van der Waals surface area contributed by atoms with Crippen molar-refractivity contribution in [2.75, 3.05) is 11.9 Å². The Balaban J connectivity index is 1.53. The minimum Gasteiger partial charge on any atom is -0.456 e. The summed E-state index contributed by atoms with van der Waals surface area (Å²) in [6, 6.07) is 5.39. The minimum absolute atomic E-state index is 0.0278. The van der Waals surface area contributed by atoms with Crippen molar-refractivity contribution >= 4 is 55.0 Å². The molecule has 3 rings (SSSR count). The van der Waals surface area contributed by atoms with E-state index < -0.39 is 11.9 Å². The normalized spacial score (nSPS) is 10.9. The molecule has 2 heterocycles. The Labute approximate surface area is 179 Å². The molecule has 0 radical (unpaired) electrons. The van der Waals surface area contributed by atoms with E-state index in [4.69, 9.17) is 4.74 Å². The number of hydrogen-bond donors (Lipinski definition) is 1. The van der Waals surface area contributed by atoms with Crippen molar-refractivity contribution in [1.29, 1.82) is 0 Å². The van der Waals surface area contributed by atoms with Crippen molar-refractivity contribution in [1.82, 2.24) is 9.55 Å². The number of rotatable bonds is 6. The van der Waals surface area contributed by atoms with Gasteiger partial charge in [-0.25, -0.2) is 4.98 Å². The highest BCUT2D eigenvalue weighted by Crippen LogP contribution is 2.25. The molecule has 152 valence electrons. The van der Waals surface area contributed by atoms with Crippen LogP contribution in [0.3, 0.4) is 0 Å². The minimum atomic E-state index is -0.558. The van der Waals surface area contributed by atoms with Gasteiger partial charge in [-0.3, -0.25) is 19.0 Å². The number of benzene rings is 1. The van der Waals surface area contributed by atoms with E-state index >= 15 is 0 Å². The lowest BCUT2D eigenvalue weighted by atomic mass is 10.2. The third-order valence-electron chi connectivity index (χ3n) is 4.52. The molecular weight excluding hydrogens is 458 g/mol. The van der Waals surface area contributed by atoms with E-state index in [-0.39, 0.29) is 25.1 Å². The van der Waals surface area contributed by atoms with Crippen LogP contribution in [0, 0.1) is 20.8 Å². The summed E-state index contributed by atoms with van der Waals surface area (Å²) in [4.78, 5) is 42.6. The van der Waals surface area contributed by atoms with Gasteiger partial charge in [0.2, 0.25) is 0 Å². The van der Waals surface area contributed by atoms with Crippen molar-refractivity contribution in [3.05, 3.63) is 55.4 Å². The first kappa shape index (κ1) is 21.2.